The number of aryl methyl sites for hydroxylation is 2. The van der Waals surface area contributed by atoms with Crippen LogP contribution >= 0.6 is 11.6 Å². The van der Waals surface area contributed by atoms with Gasteiger partial charge in [-0.3, -0.25) is 4.72 Å². The van der Waals surface area contributed by atoms with Crippen LogP contribution in [-0.4, -0.2) is 15.0 Å². The molecule has 0 fully saturated rings. The van der Waals surface area contributed by atoms with Gasteiger partial charge in [0, 0.05) is 10.7 Å². The first-order chi connectivity index (χ1) is 10.3. The zero-order valence-electron chi connectivity index (χ0n) is 12.7. The summed E-state index contributed by atoms with van der Waals surface area (Å²) >= 11 is 5.80. The number of nitrogens with one attached hydrogen (secondary N) is 1. The second kappa shape index (κ2) is 6.58. The molecule has 0 unspecified atom stereocenters. The molecule has 2 aromatic carbocycles. The molecule has 0 aliphatic heterocycles. The molecule has 0 heterocycles. The monoisotopic (exact) mass is 339 g/mol. The van der Waals surface area contributed by atoms with Gasteiger partial charge >= 0.3 is 0 Å². The fraction of sp³-hybridized carbons (Fsp3) is 0.250. The average Bonchev–Trinajstić information content (AvgIpc) is 2.45. The zero-order chi connectivity index (χ0) is 16.3. The van der Waals surface area contributed by atoms with E-state index in [9.17, 15) is 8.42 Å². The molecule has 118 valence electrons. The van der Waals surface area contributed by atoms with Crippen LogP contribution in [0.2, 0.25) is 5.02 Å². The van der Waals surface area contributed by atoms with Crippen LogP contribution in [0.25, 0.3) is 0 Å². The Bertz CT molecular complexity index is 771. The summed E-state index contributed by atoms with van der Waals surface area (Å²) in [4.78, 5) is 0.239. The maximum Gasteiger partial charge on any atom is 0.262 e. The maximum atomic E-state index is 12.5. The van der Waals surface area contributed by atoms with Gasteiger partial charge in [0.2, 0.25) is 0 Å². The highest BCUT2D eigenvalue weighted by molar-refractivity contribution is 7.92. The molecule has 22 heavy (non-hydrogen) atoms. The SMILES string of the molecule is CCOc1cc(C)c(S(=O)(=O)Nc2ccc(Cl)cc2)cc1C. The first-order valence-electron chi connectivity index (χ1n) is 6.86. The zero-order valence-corrected chi connectivity index (χ0v) is 14.3. The lowest BCUT2D eigenvalue weighted by molar-refractivity contribution is 0.337. The summed E-state index contributed by atoms with van der Waals surface area (Å²) in [6, 6.07) is 9.88. The lowest BCUT2D eigenvalue weighted by Crippen LogP contribution is -2.14. The van der Waals surface area contributed by atoms with Crippen LogP contribution < -0.4 is 9.46 Å². The number of sulfonamides is 1. The molecule has 0 saturated carbocycles. The molecular formula is C16H18ClNO3S. The van der Waals surface area contributed by atoms with E-state index >= 15 is 0 Å². The van der Waals surface area contributed by atoms with Gasteiger partial charge in [-0.05, 0) is 68.3 Å². The predicted molar refractivity (Wildman–Crippen MR) is 89.3 cm³/mol. The Kier molecular flexibility index (Phi) is 4.98. The van der Waals surface area contributed by atoms with Gasteiger partial charge in [0.05, 0.1) is 11.5 Å². The van der Waals surface area contributed by atoms with Gasteiger partial charge in [0.15, 0.2) is 0 Å². The van der Waals surface area contributed by atoms with E-state index in [1.54, 1.807) is 43.3 Å². The molecule has 1 N–H and O–H groups in total. The van der Waals surface area contributed by atoms with Crippen molar-refractivity contribution in [3.05, 3.63) is 52.5 Å². The van der Waals surface area contributed by atoms with Crippen LogP contribution in [0.4, 0.5) is 5.69 Å². The Morgan fingerprint density at radius 1 is 1.09 bits per heavy atom. The Morgan fingerprint density at radius 2 is 1.73 bits per heavy atom. The van der Waals surface area contributed by atoms with Crippen molar-refractivity contribution >= 4 is 27.3 Å². The molecule has 0 bridgehead atoms. The number of rotatable bonds is 5. The van der Waals surface area contributed by atoms with Gasteiger partial charge in [-0.25, -0.2) is 8.42 Å². The number of ether oxygens (including phenoxy) is 1. The van der Waals surface area contributed by atoms with Crippen molar-refractivity contribution in [1.29, 1.82) is 0 Å². The van der Waals surface area contributed by atoms with E-state index in [1.807, 2.05) is 13.8 Å². The number of anilines is 1. The maximum absolute atomic E-state index is 12.5. The van der Waals surface area contributed by atoms with Crippen LogP contribution in [0.3, 0.4) is 0 Å². The molecular weight excluding hydrogens is 322 g/mol. The van der Waals surface area contributed by atoms with Crippen molar-refractivity contribution in [3.63, 3.8) is 0 Å². The van der Waals surface area contributed by atoms with Crippen LogP contribution in [0.1, 0.15) is 18.1 Å². The van der Waals surface area contributed by atoms with Crippen LogP contribution in [0.5, 0.6) is 5.75 Å². The molecule has 0 radical (unpaired) electrons. The van der Waals surface area contributed by atoms with Gasteiger partial charge in [-0.2, -0.15) is 0 Å². The summed E-state index contributed by atoms with van der Waals surface area (Å²) in [6.45, 7) is 6.00. The van der Waals surface area contributed by atoms with Crippen LogP contribution in [0.15, 0.2) is 41.3 Å². The number of benzene rings is 2. The highest BCUT2D eigenvalue weighted by Gasteiger charge is 2.19. The van der Waals surface area contributed by atoms with Crippen molar-refractivity contribution < 1.29 is 13.2 Å². The van der Waals surface area contributed by atoms with Crippen molar-refractivity contribution in [2.45, 2.75) is 25.7 Å². The minimum atomic E-state index is -3.66. The largest absolute Gasteiger partial charge is 0.494 e. The van der Waals surface area contributed by atoms with E-state index in [0.29, 0.717) is 28.6 Å². The van der Waals surface area contributed by atoms with Crippen LogP contribution in [0, 0.1) is 13.8 Å². The van der Waals surface area contributed by atoms with Crippen molar-refractivity contribution in [3.8, 4) is 5.75 Å². The molecule has 2 rings (SSSR count). The molecule has 6 heteroatoms. The summed E-state index contributed by atoms with van der Waals surface area (Å²) in [7, 11) is -3.66. The van der Waals surface area contributed by atoms with Crippen LogP contribution in [-0.2, 0) is 10.0 Å². The fourth-order valence-electron chi connectivity index (χ4n) is 2.09. The third-order valence-electron chi connectivity index (χ3n) is 3.16. The Hall–Kier alpha value is -1.72. The van der Waals surface area contributed by atoms with Crippen molar-refractivity contribution in [2.24, 2.45) is 0 Å². The minimum absolute atomic E-state index is 0.239. The first kappa shape index (κ1) is 16.6. The molecule has 0 aromatic heterocycles. The smallest absolute Gasteiger partial charge is 0.262 e. The van der Waals surface area contributed by atoms with E-state index < -0.39 is 10.0 Å². The highest BCUT2D eigenvalue weighted by atomic mass is 35.5. The predicted octanol–water partition coefficient (Wildman–Crippen LogP) is 4.16. The normalized spacial score (nSPS) is 11.3. The number of hydrogen-bond donors (Lipinski definition) is 1. The van der Waals surface area contributed by atoms with E-state index in [4.69, 9.17) is 16.3 Å². The van der Waals surface area contributed by atoms with E-state index in [2.05, 4.69) is 4.72 Å². The third kappa shape index (κ3) is 3.72. The first-order valence-corrected chi connectivity index (χ1v) is 8.72. The van der Waals surface area contributed by atoms with Gasteiger partial charge in [0.1, 0.15) is 5.75 Å². The molecule has 0 aliphatic carbocycles. The quantitative estimate of drug-likeness (QED) is 0.890. The summed E-state index contributed by atoms with van der Waals surface area (Å²) in [5.74, 6) is 0.699. The van der Waals surface area contributed by atoms with Gasteiger partial charge < -0.3 is 4.74 Å². The Labute approximate surface area is 136 Å². The van der Waals surface area contributed by atoms with Gasteiger partial charge in [-0.15, -0.1) is 0 Å². The molecule has 0 spiro atoms. The second-order valence-electron chi connectivity index (χ2n) is 4.93. The van der Waals surface area contributed by atoms with Gasteiger partial charge in [0.25, 0.3) is 10.0 Å². The second-order valence-corrected chi connectivity index (χ2v) is 7.02. The molecule has 0 aliphatic rings. The Morgan fingerprint density at radius 3 is 2.32 bits per heavy atom. The fourth-order valence-corrected chi connectivity index (χ4v) is 3.59. The van der Waals surface area contributed by atoms with Crippen molar-refractivity contribution in [1.82, 2.24) is 0 Å². The summed E-state index contributed by atoms with van der Waals surface area (Å²) < 4.78 is 33.1. The molecule has 0 atom stereocenters. The molecule has 0 amide bonds. The highest BCUT2D eigenvalue weighted by Crippen LogP contribution is 2.27. The van der Waals surface area contributed by atoms with E-state index in [-0.39, 0.29) is 4.90 Å². The molecule has 0 saturated heterocycles. The Balaban J connectivity index is 2.37. The molecule has 4 nitrogen and oxygen atoms in total. The number of hydrogen-bond acceptors (Lipinski definition) is 3. The molecule has 2 aromatic rings. The standard InChI is InChI=1S/C16H18ClNO3S/c1-4-21-15-9-12(3)16(10-11(15)2)22(19,20)18-14-7-5-13(17)6-8-14/h5-10,18H,4H2,1-3H3. The lowest BCUT2D eigenvalue weighted by Gasteiger charge is -2.14. The topological polar surface area (TPSA) is 55.4 Å². The van der Waals surface area contributed by atoms with Crippen molar-refractivity contribution in [2.75, 3.05) is 11.3 Å². The number of halogens is 1. The summed E-state index contributed by atoms with van der Waals surface area (Å²) in [5.41, 5.74) is 1.88. The average molecular weight is 340 g/mol. The van der Waals surface area contributed by atoms with E-state index in [1.165, 1.54) is 0 Å². The third-order valence-corrected chi connectivity index (χ3v) is 4.93. The summed E-state index contributed by atoms with van der Waals surface area (Å²) in [6.07, 6.45) is 0. The van der Waals surface area contributed by atoms with E-state index in [0.717, 1.165) is 5.56 Å². The summed E-state index contributed by atoms with van der Waals surface area (Å²) in [5, 5.41) is 0.552. The lowest BCUT2D eigenvalue weighted by atomic mass is 10.1. The minimum Gasteiger partial charge on any atom is -0.494 e. The van der Waals surface area contributed by atoms with Gasteiger partial charge in [-0.1, -0.05) is 11.6 Å².